The van der Waals surface area contributed by atoms with Crippen LogP contribution in [0.5, 0.6) is 5.75 Å². The number of ether oxygens (including phenoxy) is 1. The molecule has 23 heavy (non-hydrogen) atoms. The van der Waals surface area contributed by atoms with Crippen LogP contribution in [0.15, 0.2) is 23.1 Å². The van der Waals surface area contributed by atoms with Gasteiger partial charge in [0.15, 0.2) is 0 Å². The van der Waals surface area contributed by atoms with Gasteiger partial charge in [-0.05, 0) is 24.6 Å². The van der Waals surface area contributed by atoms with E-state index in [2.05, 4.69) is 10.0 Å². The molecule has 128 valence electrons. The van der Waals surface area contributed by atoms with Crippen molar-refractivity contribution in [3.05, 3.63) is 18.2 Å². The van der Waals surface area contributed by atoms with Crippen molar-refractivity contribution in [3.63, 3.8) is 0 Å². The molecule has 1 aromatic carbocycles. The molecular formula is C14H20N2O6S. The lowest BCUT2D eigenvalue weighted by Gasteiger charge is -2.16. The van der Waals surface area contributed by atoms with Crippen molar-refractivity contribution in [1.82, 2.24) is 4.72 Å². The van der Waals surface area contributed by atoms with Crippen LogP contribution in [0.25, 0.3) is 0 Å². The molecule has 0 aliphatic heterocycles. The highest BCUT2D eigenvalue weighted by molar-refractivity contribution is 7.89. The molecule has 1 atom stereocenters. The van der Waals surface area contributed by atoms with Crippen molar-refractivity contribution >= 4 is 27.6 Å². The molecule has 1 amide bonds. The minimum Gasteiger partial charge on any atom is -0.495 e. The molecular weight excluding hydrogens is 324 g/mol. The first kappa shape index (κ1) is 18.9. The first-order valence-corrected chi connectivity index (χ1v) is 8.40. The number of carbonyl (C=O) groups is 2. The molecule has 1 aromatic rings. The second kappa shape index (κ2) is 7.93. The van der Waals surface area contributed by atoms with E-state index in [1.165, 1.54) is 32.2 Å². The van der Waals surface area contributed by atoms with Crippen molar-refractivity contribution in [1.29, 1.82) is 0 Å². The zero-order valence-electron chi connectivity index (χ0n) is 13.1. The van der Waals surface area contributed by atoms with E-state index < -0.39 is 22.0 Å². The molecule has 0 saturated heterocycles. The van der Waals surface area contributed by atoms with Crippen LogP contribution >= 0.6 is 0 Å². The van der Waals surface area contributed by atoms with Gasteiger partial charge < -0.3 is 15.2 Å². The first-order chi connectivity index (χ1) is 10.7. The van der Waals surface area contributed by atoms with E-state index in [0.717, 1.165) is 0 Å². The molecule has 9 heteroatoms. The van der Waals surface area contributed by atoms with Gasteiger partial charge in [0.1, 0.15) is 16.7 Å². The van der Waals surface area contributed by atoms with E-state index in [0.29, 0.717) is 6.42 Å². The standard InChI is InChI=1S/C14H20N2O6S/c1-4-5-11(14(18)19)16-23(20,21)13-8-10(15-9(2)17)6-7-12(13)22-3/h6-8,11,16H,4-5H2,1-3H3,(H,15,17)(H,18,19). The topological polar surface area (TPSA) is 122 Å². The molecule has 0 aliphatic rings. The van der Waals surface area contributed by atoms with Gasteiger partial charge in [-0.2, -0.15) is 4.72 Å². The van der Waals surface area contributed by atoms with Crippen molar-refractivity contribution in [2.24, 2.45) is 0 Å². The Labute approximate surface area is 134 Å². The third-order valence-electron chi connectivity index (χ3n) is 2.95. The van der Waals surface area contributed by atoms with Gasteiger partial charge in [0, 0.05) is 12.6 Å². The third kappa shape index (κ3) is 5.22. The van der Waals surface area contributed by atoms with Gasteiger partial charge in [-0.25, -0.2) is 8.42 Å². The number of hydrogen-bond acceptors (Lipinski definition) is 5. The van der Waals surface area contributed by atoms with Crippen LogP contribution in [-0.2, 0) is 19.6 Å². The maximum absolute atomic E-state index is 12.5. The Morgan fingerprint density at radius 2 is 2.00 bits per heavy atom. The van der Waals surface area contributed by atoms with E-state index in [1.807, 2.05) is 0 Å². The molecule has 1 rings (SSSR count). The smallest absolute Gasteiger partial charge is 0.321 e. The third-order valence-corrected chi connectivity index (χ3v) is 4.44. The summed E-state index contributed by atoms with van der Waals surface area (Å²) in [5.41, 5.74) is 0.265. The Bertz CT molecular complexity index is 687. The van der Waals surface area contributed by atoms with E-state index in [1.54, 1.807) is 6.92 Å². The number of methoxy groups -OCH3 is 1. The molecule has 0 fully saturated rings. The summed E-state index contributed by atoms with van der Waals surface area (Å²) >= 11 is 0. The van der Waals surface area contributed by atoms with E-state index in [-0.39, 0.29) is 28.7 Å². The molecule has 1 unspecified atom stereocenters. The number of carboxylic acids is 1. The second-order valence-corrected chi connectivity index (χ2v) is 6.53. The summed E-state index contributed by atoms with van der Waals surface area (Å²) in [5.74, 6) is -1.57. The summed E-state index contributed by atoms with van der Waals surface area (Å²) in [5, 5.41) is 11.6. The van der Waals surface area contributed by atoms with Gasteiger partial charge >= 0.3 is 5.97 Å². The lowest BCUT2D eigenvalue weighted by atomic mass is 10.2. The largest absolute Gasteiger partial charge is 0.495 e. The number of benzene rings is 1. The summed E-state index contributed by atoms with van der Waals surface area (Å²) in [6.45, 7) is 3.04. The van der Waals surface area contributed by atoms with Gasteiger partial charge in [0.25, 0.3) is 0 Å². The fourth-order valence-electron chi connectivity index (χ4n) is 1.94. The highest BCUT2D eigenvalue weighted by atomic mass is 32.2. The van der Waals surface area contributed by atoms with E-state index in [4.69, 9.17) is 9.84 Å². The number of carbonyl (C=O) groups excluding carboxylic acids is 1. The Balaban J connectivity index is 3.23. The van der Waals surface area contributed by atoms with Gasteiger partial charge in [-0.3, -0.25) is 9.59 Å². The quantitative estimate of drug-likeness (QED) is 0.651. The Morgan fingerprint density at radius 3 is 2.48 bits per heavy atom. The van der Waals surface area contributed by atoms with E-state index in [9.17, 15) is 18.0 Å². The van der Waals surface area contributed by atoms with Crippen molar-refractivity contribution in [2.45, 2.75) is 37.6 Å². The lowest BCUT2D eigenvalue weighted by Crippen LogP contribution is -2.40. The Kier molecular flexibility index (Phi) is 6.52. The molecule has 3 N–H and O–H groups in total. The SMILES string of the molecule is CCCC(NS(=O)(=O)c1cc(NC(C)=O)ccc1OC)C(=O)O. The number of anilines is 1. The van der Waals surface area contributed by atoms with Crippen LogP contribution in [0, 0.1) is 0 Å². The normalized spacial score (nSPS) is 12.5. The summed E-state index contributed by atoms with van der Waals surface area (Å²) in [4.78, 5) is 22.0. The predicted molar refractivity (Wildman–Crippen MR) is 84.0 cm³/mol. The average molecular weight is 344 g/mol. The van der Waals surface area contributed by atoms with Crippen LogP contribution in [0.2, 0.25) is 0 Å². The number of amides is 1. The molecule has 0 spiro atoms. The highest BCUT2D eigenvalue weighted by Gasteiger charge is 2.27. The molecule has 0 bridgehead atoms. The maximum atomic E-state index is 12.5. The Hall–Kier alpha value is -2.13. The fourth-order valence-corrected chi connectivity index (χ4v) is 3.36. The van der Waals surface area contributed by atoms with Gasteiger partial charge in [0.05, 0.1) is 7.11 Å². The first-order valence-electron chi connectivity index (χ1n) is 6.92. The van der Waals surface area contributed by atoms with Gasteiger partial charge in [0.2, 0.25) is 15.9 Å². The van der Waals surface area contributed by atoms with Crippen LogP contribution in [0.1, 0.15) is 26.7 Å². The number of rotatable bonds is 8. The van der Waals surface area contributed by atoms with Crippen molar-refractivity contribution < 1.29 is 27.9 Å². The van der Waals surface area contributed by atoms with Crippen molar-refractivity contribution in [2.75, 3.05) is 12.4 Å². The summed E-state index contributed by atoms with van der Waals surface area (Å²) in [7, 11) is -2.84. The second-order valence-electron chi connectivity index (χ2n) is 4.85. The fraction of sp³-hybridized carbons (Fsp3) is 0.429. The minimum atomic E-state index is -4.13. The summed E-state index contributed by atoms with van der Waals surface area (Å²) < 4.78 is 32.1. The number of nitrogens with one attached hydrogen (secondary N) is 2. The predicted octanol–water partition coefficient (Wildman–Crippen LogP) is 1.19. The number of carboxylic acid groups (broad SMARTS) is 1. The van der Waals surface area contributed by atoms with Gasteiger partial charge in [-0.15, -0.1) is 0 Å². The lowest BCUT2D eigenvalue weighted by molar-refractivity contribution is -0.139. The number of hydrogen-bond donors (Lipinski definition) is 3. The van der Waals surface area contributed by atoms with Crippen molar-refractivity contribution in [3.8, 4) is 5.75 Å². The monoisotopic (exact) mass is 344 g/mol. The zero-order valence-corrected chi connectivity index (χ0v) is 13.9. The molecule has 0 radical (unpaired) electrons. The van der Waals surface area contributed by atoms with Crippen LogP contribution < -0.4 is 14.8 Å². The Morgan fingerprint density at radius 1 is 1.35 bits per heavy atom. The molecule has 0 saturated carbocycles. The molecule has 8 nitrogen and oxygen atoms in total. The number of aliphatic carboxylic acids is 1. The maximum Gasteiger partial charge on any atom is 0.321 e. The minimum absolute atomic E-state index is 0.0484. The molecule has 0 heterocycles. The van der Waals surface area contributed by atoms with Crippen LogP contribution in [-0.4, -0.2) is 38.6 Å². The van der Waals surface area contributed by atoms with Gasteiger partial charge in [-0.1, -0.05) is 13.3 Å². The average Bonchev–Trinajstić information content (AvgIpc) is 2.45. The van der Waals surface area contributed by atoms with E-state index >= 15 is 0 Å². The number of sulfonamides is 1. The molecule has 0 aliphatic carbocycles. The van der Waals surface area contributed by atoms with Crippen LogP contribution in [0.3, 0.4) is 0 Å². The highest BCUT2D eigenvalue weighted by Crippen LogP contribution is 2.27. The summed E-state index contributed by atoms with van der Waals surface area (Å²) in [6, 6.07) is 2.85. The zero-order chi connectivity index (χ0) is 17.6. The summed E-state index contributed by atoms with van der Waals surface area (Å²) in [6.07, 6.45) is 0.658. The molecule has 0 aromatic heterocycles. The van der Waals surface area contributed by atoms with Crippen LogP contribution in [0.4, 0.5) is 5.69 Å².